The molecule has 1 atom stereocenters. The van der Waals surface area contributed by atoms with Gasteiger partial charge in [-0.25, -0.2) is 0 Å². The fourth-order valence-electron chi connectivity index (χ4n) is 6.52. The summed E-state index contributed by atoms with van der Waals surface area (Å²) in [5.41, 5.74) is 0.286. The Hall–Kier alpha value is -1.53. The zero-order valence-electron chi connectivity index (χ0n) is 15.4. The number of rotatable bonds is 4. The van der Waals surface area contributed by atoms with E-state index < -0.39 is 7.14 Å². The molecule has 4 bridgehead atoms. The van der Waals surface area contributed by atoms with Crippen molar-refractivity contribution >= 4 is 17.8 Å². The lowest BCUT2D eigenvalue weighted by molar-refractivity contribution is 0.0238. The molecule has 26 heavy (non-hydrogen) atoms. The number of hydrogen-bond acceptors (Lipinski definition) is 2. The Kier molecular flexibility index (Phi) is 4.01. The van der Waals surface area contributed by atoms with Crippen molar-refractivity contribution in [3.63, 3.8) is 0 Å². The molecule has 0 amide bonds. The molecule has 0 radical (unpaired) electrons. The highest BCUT2D eigenvalue weighted by Crippen LogP contribution is 2.66. The second-order valence-electron chi connectivity index (χ2n) is 8.59. The number of hydrogen-bond donors (Lipinski definition) is 0. The Morgan fingerprint density at radius 1 is 0.808 bits per heavy atom. The monoisotopic (exact) mass is 366 g/mol. The van der Waals surface area contributed by atoms with Crippen molar-refractivity contribution in [2.45, 2.75) is 37.8 Å². The zero-order chi connectivity index (χ0) is 17.7. The van der Waals surface area contributed by atoms with Gasteiger partial charge in [-0.15, -0.1) is 0 Å². The summed E-state index contributed by atoms with van der Waals surface area (Å²) in [4.78, 5) is 0. The van der Waals surface area contributed by atoms with Crippen molar-refractivity contribution in [1.29, 1.82) is 0 Å². The molecule has 4 saturated carbocycles. The maximum atomic E-state index is 15.0. The van der Waals surface area contributed by atoms with Crippen molar-refractivity contribution < 1.29 is 9.30 Å². The van der Waals surface area contributed by atoms with E-state index in [1.54, 1.807) is 7.11 Å². The molecule has 4 aliphatic rings. The van der Waals surface area contributed by atoms with Crippen molar-refractivity contribution in [2.24, 2.45) is 23.7 Å². The van der Waals surface area contributed by atoms with E-state index in [0.29, 0.717) is 11.8 Å². The van der Waals surface area contributed by atoms with Gasteiger partial charge < -0.3 is 9.30 Å². The average Bonchev–Trinajstić information content (AvgIpc) is 2.67. The van der Waals surface area contributed by atoms with Crippen LogP contribution < -0.4 is 15.3 Å². The largest absolute Gasteiger partial charge is 0.496 e. The van der Waals surface area contributed by atoms with Gasteiger partial charge in [0.1, 0.15) is 12.9 Å². The third-order valence-corrected chi connectivity index (χ3v) is 11.0. The fourth-order valence-corrected chi connectivity index (χ4v) is 10.5. The van der Waals surface area contributed by atoms with E-state index in [-0.39, 0.29) is 5.66 Å². The van der Waals surface area contributed by atoms with E-state index in [1.807, 2.05) is 36.4 Å². The van der Waals surface area contributed by atoms with Crippen molar-refractivity contribution in [3.05, 3.63) is 54.6 Å². The molecule has 6 rings (SSSR count). The van der Waals surface area contributed by atoms with Crippen LogP contribution in [0.3, 0.4) is 0 Å². The molecule has 2 aromatic carbocycles. The maximum Gasteiger partial charge on any atom is 0.150 e. The molecule has 0 saturated heterocycles. The highest BCUT2D eigenvalue weighted by molar-refractivity contribution is 7.79. The van der Waals surface area contributed by atoms with E-state index in [4.69, 9.17) is 4.74 Å². The molecule has 0 N–H and O–H groups in total. The molecule has 1 unspecified atom stereocenters. The predicted octanol–water partition coefficient (Wildman–Crippen LogP) is 4.83. The minimum Gasteiger partial charge on any atom is -0.496 e. The summed E-state index contributed by atoms with van der Waals surface area (Å²) in [6, 6.07) is 18.3. The summed E-state index contributed by atoms with van der Waals surface area (Å²) in [5.74, 6) is 3.78. The highest BCUT2D eigenvalue weighted by Gasteiger charge is 2.55. The van der Waals surface area contributed by atoms with Gasteiger partial charge in [0.15, 0.2) is 0 Å². The van der Waals surface area contributed by atoms with Crippen LogP contribution in [-0.4, -0.2) is 12.8 Å². The standard InChI is InChI=1S/C23H27O2P/c1-25-21-9-5-6-10-22(21)26(24,20-7-3-2-4-8-20)23-18-12-16-11-17(14-18)15-19(23)13-16/h2-10,16-19,23H,11-15H2,1H3. The Morgan fingerprint density at radius 2 is 1.38 bits per heavy atom. The molecule has 4 aliphatic carbocycles. The molecule has 2 aromatic rings. The normalized spacial score (nSPS) is 34.4. The molecule has 3 heteroatoms. The topological polar surface area (TPSA) is 26.3 Å². The molecule has 0 aliphatic heterocycles. The van der Waals surface area contributed by atoms with E-state index in [0.717, 1.165) is 28.2 Å². The van der Waals surface area contributed by atoms with E-state index in [1.165, 1.54) is 32.1 Å². The molecule has 0 heterocycles. The quantitative estimate of drug-likeness (QED) is 0.724. The van der Waals surface area contributed by atoms with Crippen molar-refractivity contribution in [1.82, 2.24) is 0 Å². The molecule has 2 nitrogen and oxygen atoms in total. The zero-order valence-corrected chi connectivity index (χ0v) is 16.3. The first kappa shape index (κ1) is 16.6. The van der Waals surface area contributed by atoms with Crippen LogP contribution in [-0.2, 0) is 4.57 Å². The Morgan fingerprint density at radius 3 is 2.00 bits per heavy atom. The average molecular weight is 366 g/mol. The Bertz CT molecular complexity index is 816. The molecule has 0 spiro atoms. The maximum absolute atomic E-state index is 15.0. The van der Waals surface area contributed by atoms with Crippen LogP contribution in [0.25, 0.3) is 0 Å². The number of methoxy groups -OCH3 is 1. The van der Waals surface area contributed by atoms with Crippen LogP contribution in [0, 0.1) is 23.7 Å². The molecular weight excluding hydrogens is 339 g/mol. The third kappa shape index (κ3) is 2.42. The lowest BCUT2D eigenvalue weighted by Crippen LogP contribution is -2.50. The Balaban J connectivity index is 1.70. The first-order valence-corrected chi connectivity index (χ1v) is 11.8. The van der Waals surface area contributed by atoms with Gasteiger partial charge >= 0.3 is 0 Å². The predicted molar refractivity (Wildman–Crippen MR) is 107 cm³/mol. The third-order valence-electron chi connectivity index (χ3n) is 7.18. The van der Waals surface area contributed by atoms with Gasteiger partial charge in [0.25, 0.3) is 0 Å². The van der Waals surface area contributed by atoms with Crippen molar-refractivity contribution in [2.75, 3.05) is 7.11 Å². The fraction of sp³-hybridized carbons (Fsp3) is 0.478. The SMILES string of the molecule is COc1ccccc1P(=O)(c1ccccc1)C1C2CC3CC(C2)CC1C3. The van der Waals surface area contributed by atoms with Gasteiger partial charge in [-0.05, 0) is 67.9 Å². The van der Waals surface area contributed by atoms with Gasteiger partial charge in [0.2, 0.25) is 0 Å². The highest BCUT2D eigenvalue weighted by atomic mass is 31.2. The van der Waals surface area contributed by atoms with Crippen molar-refractivity contribution in [3.8, 4) is 5.75 Å². The minimum absolute atomic E-state index is 0.286. The summed E-state index contributed by atoms with van der Waals surface area (Å²) in [6.07, 6.45) is 6.55. The minimum atomic E-state index is -2.76. The van der Waals surface area contributed by atoms with Gasteiger partial charge in [-0.1, -0.05) is 42.5 Å². The first-order chi connectivity index (χ1) is 12.7. The number of ether oxygens (including phenoxy) is 1. The smallest absolute Gasteiger partial charge is 0.150 e. The molecule has 136 valence electrons. The number of para-hydroxylation sites is 1. The summed E-state index contributed by atoms with van der Waals surface area (Å²) in [5, 5.41) is 1.95. The van der Waals surface area contributed by atoms with Gasteiger partial charge in [0.05, 0.1) is 12.4 Å². The molecule has 4 fully saturated rings. The van der Waals surface area contributed by atoms with E-state index in [9.17, 15) is 0 Å². The first-order valence-electron chi connectivity index (χ1n) is 9.99. The summed E-state index contributed by atoms with van der Waals surface area (Å²) < 4.78 is 20.7. The lowest BCUT2D eigenvalue weighted by Gasteiger charge is -2.56. The van der Waals surface area contributed by atoms with Crippen LogP contribution in [0.5, 0.6) is 5.75 Å². The summed E-state index contributed by atoms with van der Waals surface area (Å²) >= 11 is 0. The van der Waals surface area contributed by atoms with Crippen LogP contribution in [0.2, 0.25) is 0 Å². The second kappa shape index (κ2) is 6.27. The molecular formula is C23H27O2P. The summed E-state index contributed by atoms with van der Waals surface area (Å²) in [7, 11) is -1.06. The van der Waals surface area contributed by atoms with Gasteiger partial charge in [-0.3, -0.25) is 0 Å². The van der Waals surface area contributed by atoms with Crippen LogP contribution in [0.15, 0.2) is 54.6 Å². The van der Waals surface area contributed by atoms with E-state index in [2.05, 4.69) is 18.2 Å². The summed E-state index contributed by atoms with van der Waals surface area (Å²) in [6.45, 7) is 0. The van der Waals surface area contributed by atoms with Crippen LogP contribution in [0.4, 0.5) is 0 Å². The van der Waals surface area contributed by atoms with E-state index >= 15 is 4.57 Å². The van der Waals surface area contributed by atoms with Gasteiger partial charge in [0, 0.05) is 11.0 Å². The Labute approximate surface area is 156 Å². The number of benzene rings is 2. The molecule has 0 aromatic heterocycles. The lowest BCUT2D eigenvalue weighted by atomic mass is 9.56. The van der Waals surface area contributed by atoms with Crippen LogP contribution in [0.1, 0.15) is 32.1 Å². The second-order valence-corrected chi connectivity index (χ2v) is 11.5. The van der Waals surface area contributed by atoms with Crippen LogP contribution >= 0.6 is 7.14 Å². The van der Waals surface area contributed by atoms with Gasteiger partial charge in [-0.2, -0.15) is 0 Å².